The highest BCUT2D eigenvalue weighted by molar-refractivity contribution is 5.87. The number of carbonyl (C=O) groups is 2. The maximum absolute atomic E-state index is 12.8. The Morgan fingerprint density at radius 3 is 2.15 bits per heavy atom. The smallest absolute Gasteiger partial charge is 0.226 e. The summed E-state index contributed by atoms with van der Waals surface area (Å²) < 4.78 is 0. The van der Waals surface area contributed by atoms with Gasteiger partial charge in [0.05, 0.1) is 0 Å². The van der Waals surface area contributed by atoms with Gasteiger partial charge in [0.15, 0.2) is 0 Å². The molecule has 1 fully saturated rings. The van der Waals surface area contributed by atoms with Crippen LogP contribution in [0.2, 0.25) is 0 Å². The maximum atomic E-state index is 12.8. The second kappa shape index (κ2) is 8.28. The van der Waals surface area contributed by atoms with Crippen LogP contribution in [0.15, 0.2) is 0 Å². The van der Waals surface area contributed by atoms with E-state index in [2.05, 4.69) is 13.8 Å². The van der Waals surface area contributed by atoms with E-state index < -0.39 is 0 Å². The molecule has 0 aromatic rings. The molecule has 0 bridgehead atoms. The molecule has 20 heavy (non-hydrogen) atoms. The van der Waals surface area contributed by atoms with E-state index in [-0.39, 0.29) is 23.7 Å². The van der Waals surface area contributed by atoms with E-state index in [0.717, 1.165) is 38.8 Å². The fourth-order valence-corrected chi connectivity index (χ4v) is 3.15. The summed E-state index contributed by atoms with van der Waals surface area (Å²) in [6.07, 6.45) is 5.71. The summed E-state index contributed by atoms with van der Waals surface area (Å²) in [5, 5.41) is 0. The number of hydrogen-bond acceptors (Lipinski definition) is 2. The van der Waals surface area contributed by atoms with Crippen molar-refractivity contribution in [2.45, 2.75) is 59.3 Å². The van der Waals surface area contributed by atoms with Crippen molar-refractivity contribution in [3.63, 3.8) is 0 Å². The van der Waals surface area contributed by atoms with Gasteiger partial charge < -0.3 is 10.6 Å². The monoisotopic (exact) mass is 282 g/mol. The van der Waals surface area contributed by atoms with Crippen molar-refractivity contribution in [1.82, 2.24) is 4.90 Å². The van der Waals surface area contributed by atoms with Gasteiger partial charge in [0.1, 0.15) is 0 Å². The predicted octanol–water partition coefficient (Wildman–Crippen LogP) is 2.56. The lowest BCUT2D eigenvalue weighted by molar-refractivity contribution is -0.142. The van der Waals surface area contributed by atoms with Crippen molar-refractivity contribution in [1.29, 1.82) is 0 Å². The zero-order chi connectivity index (χ0) is 15.1. The number of nitrogens with zero attached hydrogens (tertiary/aromatic N) is 1. The van der Waals surface area contributed by atoms with Crippen LogP contribution in [-0.4, -0.2) is 29.8 Å². The van der Waals surface area contributed by atoms with Gasteiger partial charge in [0.25, 0.3) is 0 Å². The van der Waals surface area contributed by atoms with Crippen LogP contribution in [-0.2, 0) is 9.59 Å². The summed E-state index contributed by atoms with van der Waals surface area (Å²) in [5.74, 6) is -0.312. The first-order valence-corrected chi connectivity index (χ1v) is 8.05. The number of nitrogens with two attached hydrogens (primary N) is 1. The molecule has 1 heterocycles. The molecule has 1 aliphatic rings. The van der Waals surface area contributed by atoms with Crippen LogP contribution in [0.4, 0.5) is 0 Å². The molecular weight excluding hydrogens is 252 g/mol. The lowest BCUT2D eigenvalue weighted by Crippen LogP contribution is -2.45. The Bertz CT molecular complexity index is 322. The summed E-state index contributed by atoms with van der Waals surface area (Å²) in [7, 11) is 0. The molecule has 1 saturated heterocycles. The molecular formula is C16H30N2O2. The third-order valence-electron chi connectivity index (χ3n) is 4.16. The normalized spacial score (nSPS) is 18.9. The molecule has 116 valence electrons. The Labute approximate surface area is 123 Å². The molecule has 0 spiro atoms. The van der Waals surface area contributed by atoms with E-state index in [0.29, 0.717) is 12.3 Å². The van der Waals surface area contributed by atoms with Crippen LogP contribution in [0.25, 0.3) is 0 Å². The zero-order valence-corrected chi connectivity index (χ0v) is 13.2. The van der Waals surface area contributed by atoms with Gasteiger partial charge in [-0.15, -0.1) is 0 Å². The summed E-state index contributed by atoms with van der Waals surface area (Å²) in [4.78, 5) is 26.5. The van der Waals surface area contributed by atoms with E-state index >= 15 is 0 Å². The lowest BCUT2D eigenvalue weighted by atomic mass is 9.81. The number of hydrogen-bond donors (Lipinski definition) is 1. The number of rotatable bonds is 7. The highest BCUT2D eigenvalue weighted by Gasteiger charge is 2.35. The molecule has 4 heteroatoms. The maximum Gasteiger partial charge on any atom is 0.226 e. The fourth-order valence-electron chi connectivity index (χ4n) is 3.15. The summed E-state index contributed by atoms with van der Waals surface area (Å²) in [6.45, 7) is 7.91. The molecule has 0 saturated carbocycles. The molecule has 0 radical (unpaired) electrons. The number of primary amides is 1. The Kier molecular flexibility index (Phi) is 7.03. The van der Waals surface area contributed by atoms with Crippen molar-refractivity contribution < 1.29 is 9.59 Å². The molecule has 0 aromatic heterocycles. The van der Waals surface area contributed by atoms with Gasteiger partial charge >= 0.3 is 0 Å². The first-order chi connectivity index (χ1) is 9.47. The Morgan fingerprint density at radius 2 is 1.70 bits per heavy atom. The van der Waals surface area contributed by atoms with Crippen LogP contribution in [0.5, 0.6) is 0 Å². The van der Waals surface area contributed by atoms with Crippen molar-refractivity contribution in [3.05, 3.63) is 0 Å². The molecule has 0 aromatic carbocycles. The van der Waals surface area contributed by atoms with Crippen molar-refractivity contribution in [3.8, 4) is 0 Å². The zero-order valence-electron chi connectivity index (χ0n) is 13.2. The fraction of sp³-hybridized carbons (Fsp3) is 0.875. The topological polar surface area (TPSA) is 63.4 Å². The minimum atomic E-state index is -0.317. The van der Waals surface area contributed by atoms with Crippen molar-refractivity contribution in [2.75, 3.05) is 13.1 Å². The van der Waals surface area contributed by atoms with Crippen molar-refractivity contribution >= 4 is 11.8 Å². The van der Waals surface area contributed by atoms with Gasteiger partial charge in [-0.25, -0.2) is 0 Å². The van der Waals surface area contributed by atoms with E-state index in [9.17, 15) is 9.59 Å². The molecule has 1 rings (SSSR count). The van der Waals surface area contributed by atoms with Gasteiger partial charge in [0.2, 0.25) is 11.8 Å². The summed E-state index contributed by atoms with van der Waals surface area (Å²) in [6, 6.07) is 0. The lowest BCUT2D eigenvalue weighted by Gasteiger charge is -2.33. The first-order valence-electron chi connectivity index (χ1n) is 8.05. The van der Waals surface area contributed by atoms with E-state index in [1.54, 1.807) is 0 Å². The van der Waals surface area contributed by atoms with Gasteiger partial charge in [-0.3, -0.25) is 9.59 Å². The first kappa shape index (κ1) is 17.0. The molecule has 2 atom stereocenters. The molecule has 2 N–H and O–H groups in total. The van der Waals surface area contributed by atoms with E-state index in [4.69, 9.17) is 5.73 Å². The Hall–Kier alpha value is -1.06. The molecule has 2 amide bonds. The second-order valence-electron chi connectivity index (χ2n) is 6.42. The minimum Gasteiger partial charge on any atom is -0.369 e. The average molecular weight is 282 g/mol. The standard InChI is InChI=1S/C16H30N2O2/c1-4-8-13(15(17)19)14(11-12(2)3)16(20)18-9-6-5-7-10-18/h12-14H,4-11H2,1-3H3,(H2,17,19). The van der Waals surface area contributed by atoms with Crippen LogP contribution in [0, 0.1) is 17.8 Å². The van der Waals surface area contributed by atoms with Crippen LogP contribution in [0.3, 0.4) is 0 Å². The Morgan fingerprint density at radius 1 is 1.10 bits per heavy atom. The third kappa shape index (κ3) is 4.80. The molecule has 2 unspecified atom stereocenters. The second-order valence-corrected chi connectivity index (χ2v) is 6.42. The van der Waals surface area contributed by atoms with Crippen LogP contribution in [0.1, 0.15) is 59.3 Å². The molecule has 1 aliphatic heterocycles. The molecule has 4 nitrogen and oxygen atoms in total. The highest BCUT2D eigenvalue weighted by Crippen LogP contribution is 2.27. The van der Waals surface area contributed by atoms with Gasteiger partial charge in [-0.05, 0) is 38.0 Å². The summed E-state index contributed by atoms with van der Waals surface area (Å²) in [5.41, 5.74) is 5.56. The number of carbonyl (C=O) groups excluding carboxylic acids is 2. The van der Waals surface area contributed by atoms with Crippen LogP contribution >= 0.6 is 0 Å². The quantitative estimate of drug-likeness (QED) is 0.780. The third-order valence-corrected chi connectivity index (χ3v) is 4.16. The highest BCUT2D eigenvalue weighted by atomic mass is 16.2. The average Bonchev–Trinajstić information content (AvgIpc) is 2.42. The van der Waals surface area contributed by atoms with Gasteiger partial charge in [-0.2, -0.15) is 0 Å². The minimum absolute atomic E-state index is 0.149. The van der Waals surface area contributed by atoms with Gasteiger partial charge in [0, 0.05) is 24.9 Å². The van der Waals surface area contributed by atoms with E-state index in [1.807, 2.05) is 11.8 Å². The predicted molar refractivity (Wildman–Crippen MR) is 81.0 cm³/mol. The largest absolute Gasteiger partial charge is 0.369 e. The number of amides is 2. The number of piperidine rings is 1. The summed E-state index contributed by atoms with van der Waals surface area (Å²) >= 11 is 0. The molecule has 0 aliphatic carbocycles. The number of likely N-dealkylation sites (tertiary alicyclic amines) is 1. The van der Waals surface area contributed by atoms with Crippen molar-refractivity contribution in [2.24, 2.45) is 23.5 Å². The van der Waals surface area contributed by atoms with E-state index in [1.165, 1.54) is 6.42 Å². The van der Waals surface area contributed by atoms with Gasteiger partial charge in [-0.1, -0.05) is 27.2 Å². The SMILES string of the molecule is CCCC(C(N)=O)C(CC(C)C)C(=O)N1CCCCC1. The van der Waals surface area contributed by atoms with Crippen LogP contribution < -0.4 is 5.73 Å². The Balaban J connectivity index is 2.84.